The largest absolute Gasteiger partial charge is 0.394 e. The van der Waals surface area contributed by atoms with Crippen LogP contribution < -0.4 is 10.6 Å². The lowest BCUT2D eigenvalue weighted by atomic mass is 10.1. The van der Waals surface area contributed by atoms with Gasteiger partial charge in [-0.25, -0.2) is 9.78 Å². The zero-order valence-corrected chi connectivity index (χ0v) is 11.8. The van der Waals surface area contributed by atoms with Crippen LogP contribution in [0.25, 0.3) is 0 Å². The average Bonchev–Trinajstić information content (AvgIpc) is 2.99. The van der Waals surface area contributed by atoms with Crippen molar-refractivity contribution in [2.45, 2.75) is 19.0 Å². The van der Waals surface area contributed by atoms with Gasteiger partial charge >= 0.3 is 6.03 Å². The lowest BCUT2D eigenvalue weighted by Gasteiger charge is -2.16. The van der Waals surface area contributed by atoms with Gasteiger partial charge in [-0.3, -0.25) is 0 Å². The number of benzene rings is 1. The Morgan fingerprint density at radius 1 is 1.35 bits per heavy atom. The Morgan fingerprint density at radius 2 is 2.15 bits per heavy atom. The van der Waals surface area contributed by atoms with Gasteiger partial charge in [0.2, 0.25) is 0 Å². The standard InChI is InChI=1S/C14H17N3O2S/c18-8-12(6-11-4-2-1-3-5-11)17-14(19)15-7-13-9-20-10-16-13/h1-5,9-10,12,18H,6-8H2,(H2,15,17,19)/t12-/m0/s1. The molecule has 0 aliphatic rings. The SMILES string of the molecule is O=C(NCc1cscn1)N[C@H](CO)Cc1ccccc1. The van der Waals surface area contributed by atoms with Crippen LogP contribution in [0.4, 0.5) is 4.79 Å². The van der Waals surface area contributed by atoms with Gasteiger partial charge in [0, 0.05) is 5.38 Å². The van der Waals surface area contributed by atoms with E-state index < -0.39 is 0 Å². The van der Waals surface area contributed by atoms with Crippen LogP contribution in [0.5, 0.6) is 0 Å². The minimum atomic E-state index is -0.298. The first-order valence-electron chi connectivity index (χ1n) is 6.34. The van der Waals surface area contributed by atoms with Crippen LogP contribution in [0.2, 0.25) is 0 Å². The Morgan fingerprint density at radius 3 is 2.80 bits per heavy atom. The number of hydrogen-bond donors (Lipinski definition) is 3. The number of nitrogens with one attached hydrogen (secondary N) is 2. The van der Waals surface area contributed by atoms with Crippen molar-refractivity contribution in [3.8, 4) is 0 Å². The molecule has 0 spiro atoms. The third-order valence-corrected chi connectivity index (χ3v) is 3.43. The molecule has 1 heterocycles. The second-order valence-electron chi connectivity index (χ2n) is 4.38. The summed E-state index contributed by atoms with van der Waals surface area (Å²) >= 11 is 1.49. The maximum atomic E-state index is 11.7. The molecule has 0 unspecified atom stereocenters. The smallest absolute Gasteiger partial charge is 0.315 e. The maximum Gasteiger partial charge on any atom is 0.315 e. The number of hydrogen-bond acceptors (Lipinski definition) is 4. The highest BCUT2D eigenvalue weighted by atomic mass is 32.1. The number of aliphatic hydroxyl groups is 1. The first-order chi connectivity index (χ1) is 9.78. The van der Waals surface area contributed by atoms with Crippen LogP contribution >= 0.6 is 11.3 Å². The van der Waals surface area contributed by atoms with Gasteiger partial charge in [-0.2, -0.15) is 0 Å². The van der Waals surface area contributed by atoms with Crippen LogP contribution in [0, 0.1) is 0 Å². The zero-order valence-electron chi connectivity index (χ0n) is 11.0. The molecule has 0 saturated heterocycles. The highest BCUT2D eigenvalue weighted by molar-refractivity contribution is 7.07. The van der Waals surface area contributed by atoms with Crippen molar-refractivity contribution < 1.29 is 9.90 Å². The lowest BCUT2D eigenvalue weighted by Crippen LogP contribution is -2.44. The molecule has 0 saturated carbocycles. The fraction of sp³-hybridized carbons (Fsp3) is 0.286. The van der Waals surface area contributed by atoms with Crippen LogP contribution in [0.15, 0.2) is 41.2 Å². The summed E-state index contributed by atoms with van der Waals surface area (Å²) in [5, 5.41) is 16.7. The normalized spacial score (nSPS) is 11.8. The van der Waals surface area contributed by atoms with Crippen molar-refractivity contribution in [3.63, 3.8) is 0 Å². The summed E-state index contributed by atoms with van der Waals surface area (Å²) in [7, 11) is 0. The van der Waals surface area contributed by atoms with E-state index in [1.54, 1.807) is 5.51 Å². The quantitative estimate of drug-likeness (QED) is 0.756. The van der Waals surface area contributed by atoms with E-state index in [1.807, 2.05) is 35.7 Å². The predicted molar refractivity (Wildman–Crippen MR) is 78.5 cm³/mol. The summed E-state index contributed by atoms with van der Waals surface area (Å²) in [6.45, 7) is 0.290. The molecule has 1 atom stereocenters. The summed E-state index contributed by atoms with van der Waals surface area (Å²) < 4.78 is 0. The fourth-order valence-electron chi connectivity index (χ4n) is 1.79. The summed E-state index contributed by atoms with van der Waals surface area (Å²) in [6.07, 6.45) is 0.599. The number of aromatic nitrogens is 1. The third-order valence-electron chi connectivity index (χ3n) is 2.79. The molecule has 0 aliphatic heterocycles. The van der Waals surface area contributed by atoms with E-state index in [0.717, 1.165) is 11.3 Å². The highest BCUT2D eigenvalue weighted by Gasteiger charge is 2.11. The van der Waals surface area contributed by atoms with Crippen molar-refractivity contribution >= 4 is 17.4 Å². The Labute approximate surface area is 121 Å². The van der Waals surface area contributed by atoms with E-state index in [9.17, 15) is 9.90 Å². The molecule has 6 heteroatoms. The molecule has 5 nitrogen and oxygen atoms in total. The molecular weight excluding hydrogens is 274 g/mol. The van der Waals surface area contributed by atoms with Gasteiger partial charge in [0.1, 0.15) is 0 Å². The molecule has 0 aliphatic carbocycles. The van der Waals surface area contributed by atoms with Crippen molar-refractivity contribution in [1.29, 1.82) is 0 Å². The van der Waals surface area contributed by atoms with Crippen LogP contribution in [0.3, 0.4) is 0 Å². The molecule has 2 amide bonds. The second kappa shape index (κ2) is 7.62. The van der Waals surface area contributed by atoms with E-state index in [-0.39, 0.29) is 18.7 Å². The van der Waals surface area contributed by atoms with Gasteiger partial charge in [-0.05, 0) is 12.0 Å². The van der Waals surface area contributed by atoms with Crippen LogP contribution in [-0.2, 0) is 13.0 Å². The van der Waals surface area contributed by atoms with E-state index in [0.29, 0.717) is 13.0 Å². The minimum absolute atomic E-state index is 0.0982. The highest BCUT2D eigenvalue weighted by Crippen LogP contribution is 2.03. The number of urea groups is 1. The van der Waals surface area contributed by atoms with E-state index in [1.165, 1.54) is 11.3 Å². The van der Waals surface area contributed by atoms with Gasteiger partial charge in [-0.1, -0.05) is 30.3 Å². The van der Waals surface area contributed by atoms with E-state index >= 15 is 0 Å². The van der Waals surface area contributed by atoms with Gasteiger partial charge in [-0.15, -0.1) is 11.3 Å². The summed E-state index contributed by atoms with van der Waals surface area (Å²) in [5.74, 6) is 0. The monoisotopic (exact) mass is 291 g/mol. The Kier molecular flexibility index (Phi) is 5.52. The molecule has 0 fully saturated rings. The molecule has 1 aromatic heterocycles. The van der Waals surface area contributed by atoms with Gasteiger partial charge in [0.15, 0.2) is 0 Å². The molecule has 2 rings (SSSR count). The van der Waals surface area contributed by atoms with Crippen LogP contribution in [0.1, 0.15) is 11.3 Å². The Bertz CT molecular complexity index is 516. The number of carbonyl (C=O) groups is 1. The van der Waals surface area contributed by atoms with Crippen molar-refractivity contribution in [2.24, 2.45) is 0 Å². The molecule has 0 bridgehead atoms. The van der Waals surface area contributed by atoms with E-state index in [2.05, 4.69) is 15.6 Å². The van der Waals surface area contributed by atoms with Gasteiger partial charge in [0.25, 0.3) is 0 Å². The van der Waals surface area contributed by atoms with Crippen molar-refractivity contribution in [1.82, 2.24) is 15.6 Å². The molecular formula is C14H17N3O2S. The number of aliphatic hydroxyl groups excluding tert-OH is 1. The molecule has 1 aromatic carbocycles. The van der Waals surface area contributed by atoms with Crippen molar-refractivity contribution in [2.75, 3.05) is 6.61 Å². The average molecular weight is 291 g/mol. The number of nitrogens with zero attached hydrogens (tertiary/aromatic N) is 1. The number of rotatable bonds is 6. The van der Waals surface area contributed by atoms with E-state index in [4.69, 9.17) is 0 Å². The fourth-order valence-corrected chi connectivity index (χ4v) is 2.35. The van der Waals surface area contributed by atoms with Gasteiger partial charge in [0.05, 0.1) is 30.4 Å². The second-order valence-corrected chi connectivity index (χ2v) is 5.09. The topological polar surface area (TPSA) is 74.2 Å². The molecule has 2 aromatic rings. The molecule has 20 heavy (non-hydrogen) atoms. The first-order valence-corrected chi connectivity index (χ1v) is 7.28. The predicted octanol–water partition coefficient (Wildman–Crippen LogP) is 1.55. The first kappa shape index (κ1) is 14.5. The summed E-state index contributed by atoms with van der Waals surface area (Å²) in [5.41, 5.74) is 3.63. The maximum absolute atomic E-state index is 11.7. The molecule has 3 N–H and O–H groups in total. The Balaban J connectivity index is 1.79. The third kappa shape index (κ3) is 4.64. The molecule has 106 valence electrons. The Hall–Kier alpha value is -1.92. The number of thiazole rings is 1. The zero-order chi connectivity index (χ0) is 14.2. The van der Waals surface area contributed by atoms with Crippen LogP contribution in [-0.4, -0.2) is 28.8 Å². The van der Waals surface area contributed by atoms with Crippen molar-refractivity contribution in [3.05, 3.63) is 52.5 Å². The summed E-state index contributed by atoms with van der Waals surface area (Å²) in [4.78, 5) is 15.8. The number of carbonyl (C=O) groups excluding carboxylic acids is 1. The summed E-state index contributed by atoms with van der Waals surface area (Å²) in [6, 6.07) is 9.15. The number of amides is 2. The van der Waals surface area contributed by atoms with Gasteiger partial charge < -0.3 is 15.7 Å². The molecule has 0 radical (unpaired) electrons. The lowest BCUT2D eigenvalue weighted by molar-refractivity contribution is 0.215. The minimum Gasteiger partial charge on any atom is -0.394 e.